The second-order valence-electron chi connectivity index (χ2n) is 6.28. The van der Waals surface area contributed by atoms with Crippen LogP contribution in [0.3, 0.4) is 0 Å². The van der Waals surface area contributed by atoms with E-state index in [-0.39, 0.29) is 17.3 Å². The predicted octanol–water partition coefficient (Wildman–Crippen LogP) is 4.20. The van der Waals surface area contributed by atoms with Crippen molar-refractivity contribution in [3.63, 3.8) is 0 Å². The highest BCUT2D eigenvalue weighted by Gasteiger charge is 2.19. The Morgan fingerprint density at radius 1 is 1.24 bits per heavy atom. The number of nitrogens with one attached hydrogen (secondary N) is 1. The fourth-order valence-electron chi connectivity index (χ4n) is 2.91. The first-order valence-electron chi connectivity index (χ1n) is 8.82. The molecule has 1 amide bonds. The fraction of sp³-hybridized carbons (Fsp3) is 0.400. The van der Waals surface area contributed by atoms with E-state index in [1.54, 1.807) is 18.0 Å². The normalized spacial score (nSPS) is 15.7. The lowest BCUT2D eigenvalue weighted by Crippen LogP contribution is -2.30. The molecular formula is C20H24N2O2S. The maximum atomic E-state index is 12.4. The first kappa shape index (κ1) is 17.8. The minimum atomic E-state index is -0.154. The van der Waals surface area contributed by atoms with Crippen molar-refractivity contribution in [3.8, 4) is 5.88 Å². The van der Waals surface area contributed by atoms with Gasteiger partial charge in [-0.1, -0.05) is 24.3 Å². The molecule has 0 radical (unpaired) electrons. The van der Waals surface area contributed by atoms with Crippen molar-refractivity contribution < 1.29 is 9.53 Å². The Bertz CT molecular complexity index is 687. The molecule has 5 heteroatoms. The van der Waals surface area contributed by atoms with Crippen LogP contribution in [0.2, 0.25) is 0 Å². The fourth-order valence-corrected chi connectivity index (χ4v) is 3.82. The third-order valence-electron chi connectivity index (χ3n) is 4.31. The number of benzene rings is 1. The van der Waals surface area contributed by atoms with E-state index >= 15 is 0 Å². The lowest BCUT2D eigenvalue weighted by molar-refractivity contribution is -0.120. The molecule has 3 rings (SSSR count). The Morgan fingerprint density at radius 3 is 2.76 bits per heavy atom. The summed E-state index contributed by atoms with van der Waals surface area (Å²) in [6.07, 6.45) is 6.62. The summed E-state index contributed by atoms with van der Waals surface area (Å²) < 4.78 is 6.03. The van der Waals surface area contributed by atoms with Gasteiger partial charge in [0.1, 0.15) is 6.10 Å². The standard InChI is InChI=1S/C20H24N2O2S/c1-15(25-18-11-3-2-4-12-18)19(23)22-14-16-8-7-13-21-20(16)24-17-9-5-6-10-17/h2-4,7-8,11-13,15,17H,5-6,9-10,14H2,1H3,(H,22,23)/t15-/m0/s1. The van der Waals surface area contributed by atoms with Gasteiger partial charge in [0, 0.05) is 23.2 Å². The molecule has 0 unspecified atom stereocenters. The first-order valence-corrected chi connectivity index (χ1v) is 9.70. The van der Waals surface area contributed by atoms with Crippen LogP contribution in [0.4, 0.5) is 0 Å². The summed E-state index contributed by atoms with van der Waals surface area (Å²) in [4.78, 5) is 17.8. The van der Waals surface area contributed by atoms with Gasteiger partial charge in [0.15, 0.2) is 0 Å². The van der Waals surface area contributed by atoms with Crippen molar-refractivity contribution in [2.24, 2.45) is 0 Å². The van der Waals surface area contributed by atoms with Crippen molar-refractivity contribution in [3.05, 3.63) is 54.2 Å². The number of hydrogen-bond donors (Lipinski definition) is 1. The number of rotatable bonds is 7. The number of carbonyl (C=O) groups excluding carboxylic acids is 1. The summed E-state index contributed by atoms with van der Waals surface area (Å²) in [5.74, 6) is 0.669. The Balaban J connectivity index is 1.54. The lowest BCUT2D eigenvalue weighted by Gasteiger charge is -2.16. The molecule has 1 aromatic heterocycles. The highest BCUT2D eigenvalue weighted by atomic mass is 32.2. The number of pyridine rings is 1. The third kappa shape index (κ3) is 5.23. The molecule has 1 fully saturated rings. The minimum Gasteiger partial charge on any atom is -0.474 e. The molecule has 1 heterocycles. The summed E-state index contributed by atoms with van der Waals surface area (Å²) in [5, 5.41) is 2.85. The molecular weight excluding hydrogens is 332 g/mol. The molecule has 0 aliphatic heterocycles. The molecule has 2 aromatic rings. The minimum absolute atomic E-state index is 0.0181. The van der Waals surface area contributed by atoms with E-state index in [0.29, 0.717) is 12.4 Å². The largest absolute Gasteiger partial charge is 0.474 e. The smallest absolute Gasteiger partial charge is 0.233 e. The van der Waals surface area contributed by atoms with Crippen molar-refractivity contribution >= 4 is 17.7 Å². The van der Waals surface area contributed by atoms with Crippen molar-refractivity contribution in [2.75, 3.05) is 0 Å². The van der Waals surface area contributed by atoms with Gasteiger partial charge in [-0.05, 0) is 50.8 Å². The quantitative estimate of drug-likeness (QED) is 0.756. The molecule has 0 bridgehead atoms. The van der Waals surface area contributed by atoms with Gasteiger partial charge in [-0.2, -0.15) is 0 Å². The average Bonchev–Trinajstić information content (AvgIpc) is 3.14. The van der Waals surface area contributed by atoms with Crippen LogP contribution in [0.5, 0.6) is 5.88 Å². The van der Waals surface area contributed by atoms with Gasteiger partial charge in [0.25, 0.3) is 0 Å². The highest BCUT2D eigenvalue weighted by molar-refractivity contribution is 8.00. The van der Waals surface area contributed by atoms with Gasteiger partial charge in [0.2, 0.25) is 11.8 Å². The van der Waals surface area contributed by atoms with Gasteiger partial charge in [0.05, 0.1) is 5.25 Å². The number of hydrogen-bond acceptors (Lipinski definition) is 4. The summed E-state index contributed by atoms with van der Waals surface area (Å²) in [5.41, 5.74) is 0.930. The van der Waals surface area contributed by atoms with Crippen LogP contribution >= 0.6 is 11.8 Å². The van der Waals surface area contributed by atoms with Crippen molar-refractivity contribution in [1.29, 1.82) is 0 Å². The molecule has 0 spiro atoms. The van der Waals surface area contributed by atoms with Gasteiger partial charge in [-0.3, -0.25) is 4.79 Å². The van der Waals surface area contributed by atoms with E-state index in [2.05, 4.69) is 10.3 Å². The Labute approximate surface area is 153 Å². The highest BCUT2D eigenvalue weighted by Crippen LogP contribution is 2.25. The zero-order valence-corrected chi connectivity index (χ0v) is 15.3. The van der Waals surface area contributed by atoms with Gasteiger partial charge < -0.3 is 10.1 Å². The van der Waals surface area contributed by atoms with Crippen LogP contribution in [0.25, 0.3) is 0 Å². The molecule has 1 aromatic carbocycles. The lowest BCUT2D eigenvalue weighted by atomic mass is 10.2. The first-order chi connectivity index (χ1) is 12.2. The predicted molar refractivity (Wildman–Crippen MR) is 101 cm³/mol. The zero-order chi connectivity index (χ0) is 17.5. The summed E-state index contributed by atoms with van der Waals surface area (Å²) in [7, 11) is 0. The van der Waals surface area contributed by atoms with Gasteiger partial charge >= 0.3 is 0 Å². The van der Waals surface area contributed by atoms with Crippen molar-refractivity contribution in [1.82, 2.24) is 10.3 Å². The monoisotopic (exact) mass is 356 g/mol. The second kappa shape index (κ2) is 8.90. The van der Waals surface area contributed by atoms with E-state index in [1.807, 2.05) is 49.4 Å². The molecule has 1 saturated carbocycles. The number of ether oxygens (including phenoxy) is 1. The Hall–Kier alpha value is -2.01. The van der Waals surface area contributed by atoms with Crippen LogP contribution in [-0.2, 0) is 11.3 Å². The molecule has 1 atom stereocenters. The summed E-state index contributed by atoms with van der Waals surface area (Å²) in [6, 6.07) is 13.8. The second-order valence-corrected chi connectivity index (χ2v) is 7.70. The summed E-state index contributed by atoms with van der Waals surface area (Å²) >= 11 is 1.56. The van der Waals surface area contributed by atoms with Crippen LogP contribution < -0.4 is 10.1 Å². The maximum absolute atomic E-state index is 12.4. The SMILES string of the molecule is C[C@H](Sc1ccccc1)C(=O)NCc1cccnc1OC1CCCC1. The topological polar surface area (TPSA) is 51.2 Å². The summed E-state index contributed by atoms with van der Waals surface area (Å²) in [6.45, 7) is 2.36. The molecule has 132 valence electrons. The average molecular weight is 356 g/mol. The van der Waals surface area contributed by atoms with Crippen LogP contribution in [0, 0.1) is 0 Å². The Morgan fingerprint density at radius 2 is 2.00 bits per heavy atom. The van der Waals surface area contributed by atoms with Crippen LogP contribution in [0.1, 0.15) is 38.2 Å². The van der Waals surface area contributed by atoms with E-state index in [9.17, 15) is 4.79 Å². The Kier molecular flexibility index (Phi) is 6.34. The van der Waals surface area contributed by atoms with Crippen molar-refractivity contribution in [2.45, 2.75) is 55.4 Å². The third-order valence-corrected chi connectivity index (χ3v) is 5.42. The van der Waals surface area contributed by atoms with Gasteiger partial charge in [-0.25, -0.2) is 4.98 Å². The number of amides is 1. The molecule has 0 saturated heterocycles. The molecule has 4 nitrogen and oxygen atoms in total. The van der Waals surface area contributed by atoms with E-state index < -0.39 is 0 Å². The van der Waals surface area contributed by atoms with Crippen LogP contribution in [0.15, 0.2) is 53.6 Å². The molecule has 25 heavy (non-hydrogen) atoms. The van der Waals surface area contributed by atoms with E-state index in [0.717, 1.165) is 23.3 Å². The zero-order valence-electron chi connectivity index (χ0n) is 14.5. The van der Waals surface area contributed by atoms with Crippen LogP contribution in [-0.4, -0.2) is 22.2 Å². The molecule has 1 aliphatic rings. The van der Waals surface area contributed by atoms with E-state index in [4.69, 9.17) is 4.74 Å². The molecule has 1 aliphatic carbocycles. The van der Waals surface area contributed by atoms with E-state index in [1.165, 1.54) is 12.8 Å². The number of nitrogens with zero attached hydrogens (tertiary/aromatic N) is 1. The number of thioether (sulfide) groups is 1. The number of carbonyl (C=O) groups is 1. The maximum Gasteiger partial charge on any atom is 0.233 e. The molecule has 1 N–H and O–H groups in total. The van der Waals surface area contributed by atoms with Gasteiger partial charge in [-0.15, -0.1) is 11.8 Å². The number of aromatic nitrogens is 1.